The maximum Gasteiger partial charge on any atom is 0.328 e. The molecular formula is C20H20O4. The van der Waals surface area contributed by atoms with Gasteiger partial charge in [0.1, 0.15) is 18.1 Å². The molecule has 124 valence electrons. The first-order chi connectivity index (χ1) is 11.7. The van der Waals surface area contributed by atoms with E-state index in [0.29, 0.717) is 6.61 Å². The molecule has 0 amide bonds. The average Bonchev–Trinajstić information content (AvgIpc) is 3.05. The van der Waals surface area contributed by atoms with E-state index in [4.69, 9.17) is 14.6 Å². The van der Waals surface area contributed by atoms with Crippen LogP contribution in [-0.4, -0.2) is 18.2 Å². The van der Waals surface area contributed by atoms with Gasteiger partial charge >= 0.3 is 5.97 Å². The number of ether oxygens (including phenoxy) is 2. The molecule has 0 radical (unpaired) electrons. The van der Waals surface area contributed by atoms with Gasteiger partial charge in [-0.3, -0.25) is 0 Å². The van der Waals surface area contributed by atoms with E-state index in [1.165, 1.54) is 17.5 Å². The number of aryl methyl sites for hydroxylation is 2. The topological polar surface area (TPSA) is 55.8 Å². The molecule has 0 saturated carbocycles. The Morgan fingerprint density at radius 3 is 2.79 bits per heavy atom. The molecule has 4 heteroatoms. The van der Waals surface area contributed by atoms with Crippen LogP contribution in [0.5, 0.6) is 11.5 Å². The second-order valence-electron chi connectivity index (χ2n) is 5.82. The van der Waals surface area contributed by atoms with Crippen LogP contribution in [0.2, 0.25) is 0 Å². The number of carboxylic acid groups (broad SMARTS) is 1. The zero-order valence-corrected chi connectivity index (χ0v) is 13.6. The predicted molar refractivity (Wildman–Crippen MR) is 92.5 cm³/mol. The Morgan fingerprint density at radius 1 is 1.17 bits per heavy atom. The summed E-state index contributed by atoms with van der Waals surface area (Å²) >= 11 is 0. The summed E-state index contributed by atoms with van der Waals surface area (Å²) < 4.78 is 11.3. The standard InChI is InChI=1S/C20H20O4/c1-23-19-9-5-14(6-10-20(21)22)11-17(19)13-24-18-8-7-15-3-2-4-16(15)12-18/h5-12H,2-4,13H2,1H3,(H,21,22)/b10-6+. The van der Waals surface area contributed by atoms with Crippen LogP contribution in [0.1, 0.15) is 28.7 Å². The lowest BCUT2D eigenvalue weighted by molar-refractivity contribution is -0.131. The van der Waals surface area contributed by atoms with Gasteiger partial charge in [-0.05, 0) is 66.3 Å². The summed E-state index contributed by atoms with van der Waals surface area (Å²) in [6, 6.07) is 11.8. The van der Waals surface area contributed by atoms with Crippen LogP contribution in [0.4, 0.5) is 0 Å². The minimum atomic E-state index is -0.971. The maximum atomic E-state index is 10.6. The summed E-state index contributed by atoms with van der Waals surface area (Å²) in [6.07, 6.45) is 6.16. The van der Waals surface area contributed by atoms with Gasteiger partial charge in [-0.15, -0.1) is 0 Å². The Kier molecular flexibility index (Phi) is 4.85. The number of fused-ring (bicyclic) bond motifs is 1. The van der Waals surface area contributed by atoms with Gasteiger partial charge in [-0.2, -0.15) is 0 Å². The van der Waals surface area contributed by atoms with E-state index >= 15 is 0 Å². The summed E-state index contributed by atoms with van der Waals surface area (Å²) in [5.41, 5.74) is 4.47. The molecule has 2 aromatic rings. The molecule has 4 nitrogen and oxygen atoms in total. The third-order valence-electron chi connectivity index (χ3n) is 4.19. The van der Waals surface area contributed by atoms with Crippen molar-refractivity contribution in [2.45, 2.75) is 25.9 Å². The number of carbonyl (C=O) groups is 1. The van der Waals surface area contributed by atoms with Crippen LogP contribution in [0, 0.1) is 0 Å². The Labute approximate surface area is 141 Å². The molecule has 0 atom stereocenters. The average molecular weight is 324 g/mol. The number of methoxy groups -OCH3 is 1. The lowest BCUT2D eigenvalue weighted by Crippen LogP contribution is -2.00. The summed E-state index contributed by atoms with van der Waals surface area (Å²) in [7, 11) is 1.61. The van der Waals surface area contributed by atoms with Crippen LogP contribution in [0.3, 0.4) is 0 Å². The largest absolute Gasteiger partial charge is 0.496 e. The molecule has 1 N–H and O–H groups in total. The first-order valence-corrected chi connectivity index (χ1v) is 7.98. The van der Waals surface area contributed by atoms with Crippen molar-refractivity contribution in [3.63, 3.8) is 0 Å². The Hall–Kier alpha value is -2.75. The van der Waals surface area contributed by atoms with Crippen LogP contribution >= 0.6 is 0 Å². The lowest BCUT2D eigenvalue weighted by atomic mass is 10.1. The van der Waals surface area contributed by atoms with Gasteiger partial charge in [-0.25, -0.2) is 4.79 Å². The Morgan fingerprint density at radius 2 is 2.00 bits per heavy atom. The summed E-state index contributed by atoms with van der Waals surface area (Å²) in [4.78, 5) is 10.6. The minimum absolute atomic E-state index is 0.372. The number of aliphatic carboxylic acids is 1. The van der Waals surface area contributed by atoms with Crippen LogP contribution in [0.25, 0.3) is 6.08 Å². The smallest absolute Gasteiger partial charge is 0.328 e. The zero-order valence-electron chi connectivity index (χ0n) is 13.6. The van der Waals surface area contributed by atoms with E-state index in [2.05, 4.69) is 12.1 Å². The second-order valence-corrected chi connectivity index (χ2v) is 5.82. The van der Waals surface area contributed by atoms with Gasteiger partial charge in [0.15, 0.2) is 0 Å². The van der Waals surface area contributed by atoms with Crippen LogP contribution in [0.15, 0.2) is 42.5 Å². The fourth-order valence-corrected chi connectivity index (χ4v) is 2.98. The molecule has 0 bridgehead atoms. The van der Waals surface area contributed by atoms with Gasteiger partial charge in [0.05, 0.1) is 7.11 Å². The number of hydrogen-bond donors (Lipinski definition) is 1. The molecule has 0 spiro atoms. The van der Waals surface area contributed by atoms with E-state index in [-0.39, 0.29) is 0 Å². The molecule has 1 aliphatic carbocycles. The number of rotatable bonds is 6. The van der Waals surface area contributed by atoms with Crippen molar-refractivity contribution < 1.29 is 19.4 Å². The van der Waals surface area contributed by atoms with Crippen molar-refractivity contribution in [1.29, 1.82) is 0 Å². The quantitative estimate of drug-likeness (QED) is 0.820. The highest BCUT2D eigenvalue weighted by atomic mass is 16.5. The van der Waals surface area contributed by atoms with Crippen molar-refractivity contribution in [2.24, 2.45) is 0 Å². The fraction of sp³-hybridized carbons (Fsp3) is 0.250. The molecule has 0 aliphatic heterocycles. The normalized spacial score (nSPS) is 13.0. The van der Waals surface area contributed by atoms with Gasteiger partial charge < -0.3 is 14.6 Å². The molecule has 0 saturated heterocycles. The zero-order chi connectivity index (χ0) is 16.9. The van der Waals surface area contributed by atoms with Crippen molar-refractivity contribution in [2.75, 3.05) is 7.11 Å². The van der Waals surface area contributed by atoms with E-state index in [1.807, 2.05) is 24.3 Å². The molecule has 24 heavy (non-hydrogen) atoms. The monoisotopic (exact) mass is 324 g/mol. The van der Waals surface area contributed by atoms with E-state index in [0.717, 1.165) is 41.5 Å². The Bertz CT molecular complexity index is 777. The first kappa shape index (κ1) is 16.1. The maximum absolute atomic E-state index is 10.6. The van der Waals surface area contributed by atoms with Crippen molar-refractivity contribution >= 4 is 12.0 Å². The number of benzene rings is 2. The molecule has 0 heterocycles. The summed E-state index contributed by atoms with van der Waals surface area (Å²) in [6.45, 7) is 0.372. The van der Waals surface area contributed by atoms with Crippen LogP contribution in [-0.2, 0) is 24.2 Å². The molecule has 2 aromatic carbocycles. The molecule has 0 aromatic heterocycles. The van der Waals surface area contributed by atoms with E-state index in [9.17, 15) is 4.79 Å². The summed E-state index contributed by atoms with van der Waals surface area (Å²) in [5, 5.41) is 8.74. The van der Waals surface area contributed by atoms with Crippen LogP contribution < -0.4 is 9.47 Å². The molecule has 0 fully saturated rings. The van der Waals surface area contributed by atoms with E-state index < -0.39 is 5.97 Å². The van der Waals surface area contributed by atoms with Crippen molar-refractivity contribution in [3.8, 4) is 11.5 Å². The highest BCUT2D eigenvalue weighted by Gasteiger charge is 2.12. The van der Waals surface area contributed by atoms with Gasteiger partial charge in [-0.1, -0.05) is 12.1 Å². The molecule has 1 aliphatic rings. The molecule has 0 unspecified atom stereocenters. The second kappa shape index (κ2) is 7.21. The predicted octanol–water partition coefficient (Wildman–Crippen LogP) is 3.86. The van der Waals surface area contributed by atoms with Gasteiger partial charge in [0.25, 0.3) is 0 Å². The lowest BCUT2D eigenvalue weighted by Gasteiger charge is -2.12. The Balaban J connectivity index is 1.75. The number of carboxylic acids is 1. The minimum Gasteiger partial charge on any atom is -0.496 e. The highest BCUT2D eigenvalue weighted by molar-refractivity contribution is 5.85. The summed E-state index contributed by atoms with van der Waals surface area (Å²) in [5.74, 6) is 0.606. The number of hydrogen-bond acceptors (Lipinski definition) is 3. The molecule has 3 rings (SSSR count). The van der Waals surface area contributed by atoms with Crippen molar-refractivity contribution in [1.82, 2.24) is 0 Å². The van der Waals surface area contributed by atoms with Gasteiger partial charge in [0.2, 0.25) is 0 Å². The van der Waals surface area contributed by atoms with Crippen molar-refractivity contribution in [3.05, 3.63) is 64.7 Å². The van der Waals surface area contributed by atoms with E-state index in [1.54, 1.807) is 13.2 Å². The third-order valence-corrected chi connectivity index (χ3v) is 4.19. The third kappa shape index (κ3) is 3.77. The van der Waals surface area contributed by atoms with Gasteiger partial charge in [0, 0.05) is 11.6 Å². The molecular weight excluding hydrogens is 304 g/mol. The highest BCUT2D eigenvalue weighted by Crippen LogP contribution is 2.28. The fourth-order valence-electron chi connectivity index (χ4n) is 2.98. The first-order valence-electron chi connectivity index (χ1n) is 7.98. The SMILES string of the molecule is COc1ccc(/C=C/C(=O)O)cc1COc1ccc2c(c1)CCC2.